The number of carboxylic acids is 1. The van der Waals surface area contributed by atoms with E-state index in [1.165, 1.54) is 0 Å². The highest BCUT2D eigenvalue weighted by molar-refractivity contribution is 7.80. The topological polar surface area (TPSA) is 165 Å². The number of thiocarbonyl (C=S) groups is 1. The zero-order chi connectivity index (χ0) is 46.2. The number of nitrogens with one attached hydrogen (secondary N) is 2. The van der Waals surface area contributed by atoms with Crippen LogP contribution in [0, 0.1) is 48.3 Å². The van der Waals surface area contributed by atoms with Crippen LogP contribution in [0.2, 0.25) is 0 Å². The van der Waals surface area contributed by atoms with Gasteiger partial charge in [-0.1, -0.05) is 79.2 Å². The van der Waals surface area contributed by atoms with Gasteiger partial charge in [0.05, 0.1) is 53.7 Å². The molecule has 0 bridgehead atoms. The fourth-order valence-corrected chi connectivity index (χ4v) is 11.9. The Morgan fingerprint density at radius 2 is 1.59 bits per heavy atom. The van der Waals surface area contributed by atoms with Crippen LogP contribution >= 0.6 is 12.2 Å². The van der Waals surface area contributed by atoms with Gasteiger partial charge in [-0.15, -0.1) is 0 Å². The Morgan fingerprint density at radius 3 is 2.21 bits per heavy atom. The van der Waals surface area contributed by atoms with Crippen molar-refractivity contribution in [3.05, 3.63) is 42.0 Å². The van der Waals surface area contributed by atoms with E-state index in [1.807, 2.05) is 78.0 Å². The van der Waals surface area contributed by atoms with Crippen molar-refractivity contribution in [3.8, 4) is 0 Å². The standard InChI is InChI=1S/C50H78N2O10S/c1-12-36(45(55)56)38-20-17-29(5)43(59-38)33(9)41(53)32(8)42(54)37(13-2)44-30(6)27-31(7)49(60-44)24-21-39(52-46(63)51-35-18-15-28(4)16-19-35)50(62-49)26-25-47(11,61-50)40-22-23-48(57,14-3)34(10)58-40/h15-16,18-19,21,24,29-34,36-41,43-44,53,57H,12-14,17,20,22-23,25-27H2,1-11H3,(H,55,56)(H2,51,52,63)/t29-,30-,31+,32-,33-,34-,36+,37?,38+,39?,40+,41+,43+,44-,47-,48+,49-,50-/m0/s1. The summed E-state index contributed by atoms with van der Waals surface area (Å²) in [6.07, 6.45) is 7.16. The van der Waals surface area contributed by atoms with E-state index in [2.05, 4.69) is 38.3 Å². The summed E-state index contributed by atoms with van der Waals surface area (Å²) in [5.41, 5.74) is 0.357. The third-order valence-electron chi connectivity index (χ3n) is 16.1. The van der Waals surface area contributed by atoms with Gasteiger partial charge in [0.15, 0.2) is 16.7 Å². The number of carbonyl (C=O) groups is 2. The molecule has 2 unspecified atom stereocenters. The second-order valence-electron chi connectivity index (χ2n) is 20.4. The van der Waals surface area contributed by atoms with Crippen LogP contribution < -0.4 is 10.6 Å². The molecule has 0 radical (unpaired) electrons. The maximum atomic E-state index is 14.7. The normalized spacial score (nSPS) is 40.5. The Bertz CT molecular complexity index is 1800. The predicted molar refractivity (Wildman–Crippen MR) is 247 cm³/mol. The van der Waals surface area contributed by atoms with Crippen molar-refractivity contribution in [2.24, 2.45) is 41.4 Å². The predicted octanol–water partition coefficient (Wildman–Crippen LogP) is 8.49. The lowest BCUT2D eigenvalue weighted by atomic mass is 9.72. The van der Waals surface area contributed by atoms with E-state index in [4.69, 9.17) is 35.9 Å². The first kappa shape index (κ1) is 49.9. The Balaban J connectivity index is 1.25. The molecule has 354 valence electrons. The van der Waals surface area contributed by atoms with Crippen molar-refractivity contribution in [2.75, 3.05) is 5.32 Å². The van der Waals surface area contributed by atoms with Gasteiger partial charge in [0.2, 0.25) is 0 Å². The molecule has 6 rings (SSSR count). The smallest absolute Gasteiger partial charge is 0.309 e. The number of aliphatic carboxylic acids is 1. The van der Waals surface area contributed by atoms with Gasteiger partial charge in [0.1, 0.15) is 11.8 Å². The number of hydrogen-bond acceptors (Lipinski definition) is 10. The molecule has 2 spiro atoms. The fraction of sp³-hybridized carbons (Fsp3) is 0.780. The molecule has 1 aromatic carbocycles. The van der Waals surface area contributed by atoms with E-state index in [1.54, 1.807) is 6.92 Å². The number of carboxylic acid groups (broad SMARTS) is 1. The molecule has 4 fully saturated rings. The van der Waals surface area contributed by atoms with Gasteiger partial charge in [0, 0.05) is 35.8 Å². The van der Waals surface area contributed by atoms with Crippen LogP contribution in [-0.2, 0) is 33.3 Å². The third kappa shape index (κ3) is 10.1. The minimum atomic E-state index is -1.24. The molecule has 0 aliphatic carbocycles. The molecule has 1 aromatic rings. The monoisotopic (exact) mass is 899 g/mol. The van der Waals surface area contributed by atoms with Crippen LogP contribution in [0.25, 0.3) is 0 Å². The van der Waals surface area contributed by atoms with Crippen molar-refractivity contribution in [1.82, 2.24) is 5.32 Å². The van der Waals surface area contributed by atoms with Crippen molar-refractivity contribution in [2.45, 2.75) is 206 Å². The Hall–Kier alpha value is -2.49. The maximum Gasteiger partial charge on any atom is 0.309 e. The summed E-state index contributed by atoms with van der Waals surface area (Å²) in [5, 5.41) is 40.3. The summed E-state index contributed by atoms with van der Waals surface area (Å²) in [6.45, 7) is 21.9. The minimum absolute atomic E-state index is 0.00466. The number of aryl methyl sites for hydroxylation is 1. The number of anilines is 1. The summed E-state index contributed by atoms with van der Waals surface area (Å²) < 4.78 is 34.9. The average Bonchev–Trinajstić information content (AvgIpc) is 3.59. The Kier molecular flexibility index (Phi) is 15.7. The summed E-state index contributed by atoms with van der Waals surface area (Å²) in [4.78, 5) is 26.8. The molecule has 0 saturated carbocycles. The zero-order valence-corrected chi connectivity index (χ0v) is 40.5. The second-order valence-corrected chi connectivity index (χ2v) is 20.8. The van der Waals surface area contributed by atoms with Crippen LogP contribution in [0.3, 0.4) is 0 Å². The molecular formula is C50H78N2O10S. The van der Waals surface area contributed by atoms with Gasteiger partial charge in [-0.25, -0.2) is 0 Å². The first-order valence-electron chi connectivity index (χ1n) is 24.0. The molecule has 63 heavy (non-hydrogen) atoms. The van der Waals surface area contributed by atoms with Gasteiger partial charge in [-0.3, -0.25) is 9.59 Å². The molecule has 18 atom stereocenters. The lowest BCUT2D eigenvalue weighted by molar-refractivity contribution is -0.397. The SMILES string of the molecule is CCC(C(=O)[C@@H](C)[C@@H](O)[C@H](C)[C@@H]1O[C@@H]([C@@H](CC)C(=O)O)CC[C@@H]1C)[C@H]1O[C@]2(C=CC(NC(=S)Nc3ccc(C)cc3)[C@]3(CC[C@@](C)([C@H]4CC[C@](O)(CC)[C@H](C)O4)O3)O2)[C@H](C)C[C@@H]1C. The van der Waals surface area contributed by atoms with E-state index in [-0.39, 0.29) is 41.8 Å². The second kappa shape index (κ2) is 19.8. The number of Topliss-reactive ketones (excluding diaryl/α,β-unsaturated/α-hetero) is 1. The van der Waals surface area contributed by atoms with E-state index in [9.17, 15) is 24.9 Å². The van der Waals surface area contributed by atoms with Crippen molar-refractivity contribution < 1.29 is 48.6 Å². The zero-order valence-electron chi connectivity index (χ0n) is 39.7. The van der Waals surface area contributed by atoms with Gasteiger partial charge in [-0.2, -0.15) is 0 Å². The van der Waals surface area contributed by atoms with Crippen LogP contribution in [-0.4, -0.2) is 97.6 Å². The van der Waals surface area contributed by atoms with Gasteiger partial charge in [0.25, 0.3) is 0 Å². The molecule has 5 aliphatic heterocycles. The highest BCUT2D eigenvalue weighted by atomic mass is 32.1. The molecule has 5 aliphatic rings. The summed E-state index contributed by atoms with van der Waals surface area (Å²) in [7, 11) is 0. The fourth-order valence-electron chi connectivity index (χ4n) is 11.6. The van der Waals surface area contributed by atoms with Gasteiger partial charge in [-0.05, 0) is 121 Å². The highest BCUT2D eigenvalue weighted by Gasteiger charge is 2.63. The van der Waals surface area contributed by atoms with Crippen LogP contribution in [0.4, 0.5) is 5.69 Å². The van der Waals surface area contributed by atoms with E-state index >= 15 is 0 Å². The van der Waals surface area contributed by atoms with Gasteiger partial charge < -0.3 is 49.6 Å². The summed E-state index contributed by atoms with van der Waals surface area (Å²) in [5.74, 6) is -5.68. The van der Waals surface area contributed by atoms with E-state index in [0.29, 0.717) is 56.5 Å². The van der Waals surface area contributed by atoms with Crippen molar-refractivity contribution in [3.63, 3.8) is 0 Å². The Morgan fingerprint density at radius 1 is 0.905 bits per heavy atom. The first-order valence-corrected chi connectivity index (χ1v) is 24.5. The summed E-state index contributed by atoms with van der Waals surface area (Å²) in [6, 6.07) is 7.51. The maximum absolute atomic E-state index is 14.7. The molecule has 4 saturated heterocycles. The Labute approximate surface area is 382 Å². The van der Waals surface area contributed by atoms with Gasteiger partial charge >= 0.3 is 5.97 Å². The first-order chi connectivity index (χ1) is 29.6. The molecular weight excluding hydrogens is 821 g/mol. The number of aliphatic hydroxyl groups excluding tert-OH is 1. The molecule has 12 nitrogen and oxygen atoms in total. The van der Waals surface area contributed by atoms with Crippen molar-refractivity contribution >= 4 is 34.8 Å². The largest absolute Gasteiger partial charge is 0.481 e. The summed E-state index contributed by atoms with van der Waals surface area (Å²) >= 11 is 5.89. The average molecular weight is 899 g/mol. The number of aliphatic hydroxyl groups is 2. The lowest BCUT2D eigenvalue weighted by Crippen LogP contribution is -2.66. The number of hydrogen-bond donors (Lipinski definition) is 5. The molecule has 13 heteroatoms. The molecule has 0 amide bonds. The minimum Gasteiger partial charge on any atom is -0.481 e. The van der Waals surface area contributed by atoms with E-state index in [0.717, 1.165) is 24.1 Å². The number of benzene rings is 1. The lowest BCUT2D eigenvalue weighted by Gasteiger charge is -2.55. The number of ether oxygens (including phenoxy) is 5. The number of ketones is 1. The number of carbonyl (C=O) groups excluding carboxylic acids is 1. The third-order valence-corrected chi connectivity index (χ3v) is 16.3. The van der Waals surface area contributed by atoms with Crippen LogP contribution in [0.1, 0.15) is 139 Å². The molecule has 5 N–H and O–H groups in total. The quantitative estimate of drug-likeness (QED) is 0.0893. The number of rotatable bonds is 14. The van der Waals surface area contributed by atoms with Crippen LogP contribution in [0.5, 0.6) is 0 Å². The van der Waals surface area contributed by atoms with E-state index < -0.39 is 76.8 Å². The van der Waals surface area contributed by atoms with Crippen molar-refractivity contribution in [1.29, 1.82) is 0 Å². The molecule has 0 aromatic heterocycles. The highest BCUT2D eigenvalue weighted by Crippen LogP contribution is 2.54. The van der Waals surface area contributed by atoms with Crippen LogP contribution in [0.15, 0.2) is 36.4 Å². The molecule has 5 heterocycles.